The molecule has 0 atom stereocenters. The van der Waals surface area contributed by atoms with E-state index in [-0.39, 0.29) is 17.9 Å². The summed E-state index contributed by atoms with van der Waals surface area (Å²) in [5, 5.41) is 9.27. The van der Waals surface area contributed by atoms with E-state index in [2.05, 4.69) is 12.1 Å². The Bertz CT molecular complexity index is 461. The Morgan fingerprint density at radius 2 is 1.85 bits per heavy atom. The van der Waals surface area contributed by atoms with E-state index in [1.54, 1.807) is 0 Å². The van der Waals surface area contributed by atoms with Gasteiger partial charge in [-0.2, -0.15) is 0 Å². The Hall–Kier alpha value is -1.35. The second kappa shape index (κ2) is 5.57. The minimum atomic E-state index is -0.334. The molecular weight excluding hydrogens is 250 g/mol. The van der Waals surface area contributed by atoms with E-state index >= 15 is 0 Å². The molecule has 0 aromatic heterocycles. The molecule has 2 aliphatic rings. The van der Waals surface area contributed by atoms with Gasteiger partial charge < -0.3 is 10.0 Å². The number of hydrogen-bond acceptors (Lipinski definition) is 2. The number of aliphatic hydroxyl groups is 1. The van der Waals surface area contributed by atoms with Crippen molar-refractivity contribution in [3.05, 3.63) is 35.9 Å². The Morgan fingerprint density at radius 1 is 1.20 bits per heavy atom. The molecule has 2 saturated carbocycles. The Morgan fingerprint density at radius 3 is 2.40 bits per heavy atom. The monoisotopic (exact) mass is 273 g/mol. The van der Waals surface area contributed by atoms with Gasteiger partial charge >= 0.3 is 0 Å². The fourth-order valence-corrected chi connectivity index (χ4v) is 3.58. The average Bonchev–Trinajstić information content (AvgIpc) is 3.21. The second-order valence-electron chi connectivity index (χ2n) is 6.11. The number of amides is 1. The summed E-state index contributed by atoms with van der Waals surface area (Å²) in [4.78, 5) is 15.1. The highest BCUT2D eigenvalue weighted by atomic mass is 16.3. The van der Waals surface area contributed by atoms with Crippen molar-refractivity contribution in [1.29, 1.82) is 0 Å². The highest BCUT2D eigenvalue weighted by molar-refractivity contribution is 5.89. The Labute approximate surface area is 120 Å². The van der Waals surface area contributed by atoms with Gasteiger partial charge in [0.05, 0.1) is 12.0 Å². The third kappa shape index (κ3) is 2.35. The Kier molecular flexibility index (Phi) is 3.79. The molecule has 0 saturated heterocycles. The van der Waals surface area contributed by atoms with Crippen LogP contribution in [0.5, 0.6) is 0 Å². The average molecular weight is 273 g/mol. The summed E-state index contributed by atoms with van der Waals surface area (Å²) >= 11 is 0. The molecule has 3 heteroatoms. The van der Waals surface area contributed by atoms with Crippen molar-refractivity contribution >= 4 is 5.91 Å². The summed E-state index contributed by atoms with van der Waals surface area (Å²) in [5.74, 6) is 0.248. The van der Waals surface area contributed by atoms with E-state index in [0.717, 1.165) is 44.1 Å². The highest BCUT2D eigenvalue weighted by Crippen LogP contribution is 2.44. The quantitative estimate of drug-likeness (QED) is 0.895. The van der Waals surface area contributed by atoms with Gasteiger partial charge in [-0.3, -0.25) is 4.79 Å². The summed E-state index contributed by atoms with van der Waals surface area (Å²) in [7, 11) is 0. The third-order valence-electron chi connectivity index (χ3n) is 4.78. The summed E-state index contributed by atoms with van der Waals surface area (Å²) in [6.07, 6.45) is 6.33. The third-order valence-corrected chi connectivity index (χ3v) is 4.78. The molecule has 2 aliphatic carbocycles. The largest absolute Gasteiger partial charge is 0.395 e. The lowest BCUT2D eigenvalue weighted by molar-refractivity contribution is -0.138. The van der Waals surface area contributed by atoms with Crippen LogP contribution < -0.4 is 0 Å². The van der Waals surface area contributed by atoms with Crippen LogP contribution in [0.1, 0.15) is 44.1 Å². The van der Waals surface area contributed by atoms with Gasteiger partial charge in [-0.1, -0.05) is 43.2 Å². The normalized spacial score (nSPS) is 20.9. The van der Waals surface area contributed by atoms with Gasteiger partial charge in [-0.25, -0.2) is 0 Å². The van der Waals surface area contributed by atoms with Crippen molar-refractivity contribution < 1.29 is 9.90 Å². The van der Waals surface area contributed by atoms with Gasteiger partial charge in [0.15, 0.2) is 0 Å². The summed E-state index contributed by atoms with van der Waals surface area (Å²) in [5.41, 5.74) is 0.824. The van der Waals surface area contributed by atoms with E-state index in [1.165, 1.54) is 0 Å². The molecule has 3 nitrogen and oxygen atoms in total. The van der Waals surface area contributed by atoms with Gasteiger partial charge in [0.2, 0.25) is 5.91 Å². The molecule has 0 aliphatic heterocycles. The fraction of sp³-hybridized carbons (Fsp3) is 0.588. The van der Waals surface area contributed by atoms with Crippen LogP contribution in [0, 0.1) is 0 Å². The fourth-order valence-electron chi connectivity index (χ4n) is 3.58. The van der Waals surface area contributed by atoms with Crippen molar-refractivity contribution in [1.82, 2.24) is 4.90 Å². The van der Waals surface area contributed by atoms with Gasteiger partial charge in [0.1, 0.15) is 0 Å². The first-order chi connectivity index (χ1) is 9.78. The molecule has 1 amide bonds. The molecule has 0 heterocycles. The molecule has 1 aromatic carbocycles. The highest BCUT2D eigenvalue weighted by Gasteiger charge is 2.47. The molecule has 0 unspecified atom stereocenters. The number of hydrogen-bond donors (Lipinski definition) is 1. The minimum absolute atomic E-state index is 0.0626. The maximum Gasteiger partial charge on any atom is 0.233 e. The maximum atomic E-state index is 13.2. The van der Waals surface area contributed by atoms with Crippen molar-refractivity contribution in [2.24, 2.45) is 0 Å². The summed E-state index contributed by atoms with van der Waals surface area (Å²) < 4.78 is 0. The topological polar surface area (TPSA) is 40.5 Å². The number of aliphatic hydroxyl groups excluding tert-OH is 1. The van der Waals surface area contributed by atoms with Crippen LogP contribution in [0.15, 0.2) is 30.3 Å². The lowest BCUT2D eigenvalue weighted by Gasteiger charge is -2.35. The smallest absolute Gasteiger partial charge is 0.233 e. The lowest BCUT2D eigenvalue weighted by Crippen LogP contribution is -2.47. The van der Waals surface area contributed by atoms with E-state index < -0.39 is 0 Å². The van der Waals surface area contributed by atoms with Gasteiger partial charge in [0.25, 0.3) is 0 Å². The first-order valence-corrected chi connectivity index (χ1v) is 7.75. The summed E-state index contributed by atoms with van der Waals surface area (Å²) in [6, 6.07) is 10.6. The molecule has 108 valence electrons. The Balaban J connectivity index is 1.91. The van der Waals surface area contributed by atoms with E-state index in [4.69, 9.17) is 0 Å². The maximum absolute atomic E-state index is 13.2. The van der Waals surface area contributed by atoms with Crippen LogP contribution in [-0.2, 0) is 10.2 Å². The lowest BCUT2D eigenvalue weighted by atomic mass is 9.77. The van der Waals surface area contributed by atoms with E-state index in [1.807, 2.05) is 23.1 Å². The zero-order valence-electron chi connectivity index (χ0n) is 11.9. The van der Waals surface area contributed by atoms with Crippen LogP contribution in [0.4, 0.5) is 0 Å². The van der Waals surface area contributed by atoms with Crippen LogP contribution in [0.25, 0.3) is 0 Å². The van der Waals surface area contributed by atoms with Crippen LogP contribution in [0.2, 0.25) is 0 Å². The van der Waals surface area contributed by atoms with E-state index in [0.29, 0.717) is 12.6 Å². The SMILES string of the molecule is O=C(N(CCO)C1CC1)C1(c2ccccc2)CCCC1. The van der Waals surface area contributed by atoms with Gasteiger partial charge in [-0.05, 0) is 31.2 Å². The molecule has 3 rings (SSSR count). The number of carbonyl (C=O) groups is 1. The predicted molar refractivity (Wildman–Crippen MR) is 78.4 cm³/mol. The van der Waals surface area contributed by atoms with Crippen LogP contribution in [-0.4, -0.2) is 35.1 Å². The molecule has 1 aromatic rings. The number of carbonyl (C=O) groups excluding carboxylic acids is 1. The molecule has 2 fully saturated rings. The molecule has 0 spiro atoms. The molecule has 1 N–H and O–H groups in total. The van der Waals surface area contributed by atoms with E-state index in [9.17, 15) is 9.90 Å². The number of nitrogens with zero attached hydrogens (tertiary/aromatic N) is 1. The zero-order chi connectivity index (χ0) is 14.0. The molecule has 0 bridgehead atoms. The van der Waals surface area contributed by atoms with Crippen molar-refractivity contribution in [3.63, 3.8) is 0 Å². The van der Waals surface area contributed by atoms with Crippen LogP contribution >= 0.6 is 0 Å². The standard InChI is InChI=1S/C17H23NO2/c19-13-12-18(15-8-9-15)16(20)17(10-4-5-11-17)14-6-2-1-3-7-14/h1-3,6-7,15,19H,4-5,8-13H2. The molecule has 0 radical (unpaired) electrons. The molecule has 20 heavy (non-hydrogen) atoms. The van der Waals surface area contributed by atoms with Crippen molar-refractivity contribution in [3.8, 4) is 0 Å². The number of rotatable bonds is 5. The van der Waals surface area contributed by atoms with Crippen molar-refractivity contribution in [2.75, 3.05) is 13.2 Å². The summed E-state index contributed by atoms with van der Waals surface area (Å²) in [6.45, 7) is 0.547. The number of benzene rings is 1. The second-order valence-corrected chi connectivity index (χ2v) is 6.11. The van der Waals surface area contributed by atoms with Crippen LogP contribution in [0.3, 0.4) is 0 Å². The zero-order valence-corrected chi connectivity index (χ0v) is 11.9. The first-order valence-electron chi connectivity index (χ1n) is 7.75. The first kappa shape index (κ1) is 13.6. The van der Waals surface area contributed by atoms with Crippen molar-refractivity contribution in [2.45, 2.75) is 50.0 Å². The predicted octanol–water partition coefficient (Wildman–Crippen LogP) is 2.48. The minimum Gasteiger partial charge on any atom is -0.395 e. The molecular formula is C17H23NO2. The van der Waals surface area contributed by atoms with Gasteiger partial charge in [-0.15, -0.1) is 0 Å². The van der Waals surface area contributed by atoms with Gasteiger partial charge in [0, 0.05) is 12.6 Å².